The van der Waals surface area contributed by atoms with E-state index >= 15 is 0 Å². The highest BCUT2D eigenvalue weighted by atomic mass is 16.6. The van der Waals surface area contributed by atoms with Crippen LogP contribution in [-0.2, 0) is 19.0 Å². The molecule has 26 heavy (non-hydrogen) atoms. The molecule has 0 aromatic carbocycles. The topological polar surface area (TPSA) is 88.5 Å². The molecule has 6 heteroatoms. The Morgan fingerprint density at radius 2 is 2.12 bits per heavy atom. The molecule has 4 aliphatic rings. The van der Waals surface area contributed by atoms with Crippen LogP contribution in [-0.4, -0.2) is 59.4 Å². The summed E-state index contributed by atoms with van der Waals surface area (Å²) in [7, 11) is 0. The van der Waals surface area contributed by atoms with Crippen molar-refractivity contribution < 1.29 is 29.2 Å². The minimum absolute atomic E-state index is 0.0965. The van der Waals surface area contributed by atoms with Gasteiger partial charge in [-0.15, -0.1) is 0 Å². The second kappa shape index (κ2) is 5.77. The van der Waals surface area contributed by atoms with E-state index in [1.807, 2.05) is 26.8 Å². The van der Waals surface area contributed by atoms with Gasteiger partial charge in [0.2, 0.25) is 0 Å². The molecule has 4 rings (SSSR count). The third-order valence-electron chi connectivity index (χ3n) is 7.36. The second-order valence-corrected chi connectivity index (χ2v) is 9.26. The molecule has 7 atom stereocenters. The van der Waals surface area contributed by atoms with Crippen molar-refractivity contribution in [2.45, 2.75) is 77.0 Å². The summed E-state index contributed by atoms with van der Waals surface area (Å²) >= 11 is 0. The Bertz CT molecular complexity index is 638. The summed E-state index contributed by atoms with van der Waals surface area (Å²) in [6, 6.07) is 0. The molecule has 0 aromatic heterocycles. The van der Waals surface area contributed by atoms with Crippen LogP contribution >= 0.6 is 0 Å². The molecular weight excluding hydrogens is 336 g/mol. The van der Waals surface area contributed by atoms with Gasteiger partial charge in [0.05, 0.1) is 25.4 Å². The molecule has 3 fully saturated rings. The first-order valence-electron chi connectivity index (χ1n) is 9.65. The lowest BCUT2D eigenvalue weighted by molar-refractivity contribution is -0.226. The zero-order chi connectivity index (χ0) is 18.9. The Kier molecular flexibility index (Phi) is 4.09. The van der Waals surface area contributed by atoms with Gasteiger partial charge in [0.1, 0.15) is 17.8 Å². The second-order valence-electron chi connectivity index (χ2n) is 9.26. The highest BCUT2D eigenvalue weighted by Crippen LogP contribution is 2.71. The first kappa shape index (κ1) is 18.4. The monoisotopic (exact) mass is 366 g/mol. The molecule has 6 nitrogen and oxygen atoms in total. The van der Waals surface area contributed by atoms with Crippen molar-refractivity contribution in [3.63, 3.8) is 0 Å². The molecule has 2 aliphatic heterocycles. The number of hydrogen-bond donors (Lipinski definition) is 2. The molecular formula is C20H30O6. The average molecular weight is 366 g/mol. The van der Waals surface area contributed by atoms with E-state index < -0.39 is 22.5 Å². The molecule has 0 aromatic rings. The van der Waals surface area contributed by atoms with Crippen molar-refractivity contribution in [1.29, 1.82) is 0 Å². The number of epoxide rings is 1. The smallest absolute Gasteiger partial charge is 0.306 e. The number of rotatable bonds is 4. The number of aliphatic hydroxyl groups is 2. The van der Waals surface area contributed by atoms with Gasteiger partial charge in [-0.1, -0.05) is 26.8 Å². The van der Waals surface area contributed by atoms with E-state index in [4.69, 9.17) is 14.2 Å². The molecule has 2 aliphatic carbocycles. The minimum Gasteiger partial charge on any atom is -0.458 e. The summed E-state index contributed by atoms with van der Waals surface area (Å²) in [6.07, 6.45) is 1.71. The van der Waals surface area contributed by atoms with Gasteiger partial charge in [0, 0.05) is 17.3 Å². The highest BCUT2D eigenvalue weighted by molar-refractivity contribution is 5.70. The molecule has 1 spiro atoms. The van der Waals surface area contributed by atoms with E-state index in [0.29, 0.717) is 25.9 Å². The fourth-order valence-corrected chi connectivity index (χ4v) is 5.69. The number of carbonyl (C=O) groups excluding carboxylic acids is 1. The Labute approximate surface area is 154 Å². The molecule has 146 valence electrons. The Morgan fingerprint density at radius 3 is 2.69 bits per heavy atom. The molecule has 1 saturated carbocycles. The first-order valence-corrected chi connectivity index (χ1v) is 9.65. The minimum atomic E-state index is -0.639. The SMILES string of the molecule is CC1=C[C@@H]2O[C@H]3[C@@H](O)C[C@](C)(C34CO4)[C@]2(CO)C[C@@H]1OC(=O)CC(C)C. The third-order valence-corrected chi connectivity index (χ3v) is 7.36. The summed E-state index contributed by atoms with van der Waals surface area (Å²) in [5.41, 5.74) is -0.653. The van der Waals surface area contributed by atoms with Crippen molar-refractivity contribution in [1.82, 2.24) is 0 Å². The molecule has 1 unspecified atom stereocenters. The van der Waals surface area contributed by atoms with Crippen molar-refractivity contribution in [2.24, 2.45) is 16.7 Å². The predicted molar refractivity (Wildman–Crippen MR) is 93.3 cm³/mol. The van der Waals surface area contributed by atoms with Crippen molar-refractivity contribution in [3.05, 3.63) is 11.6 Å². The number of esters is 1. The molecule has 2 heterocycles. The maximum Gasteiger partial charge on any atom is 0.306 e. The lowest BCUT2D eigenvalue weighted by Gasteiger charge is -2.58. The lowest BCUT2D eigenvalue weighted by atomic mass is 9.51. The van der Waals surface area contributed by atoms with E-state index in [-0.39, 0.29) is 36.8 Å². The van der Waals surface area contributed by atoms with Gasteiger partial charge >= 0.3 is 5.97 Å². The lowest BCUT2D eigenvalue weighted by Crippen LogP contribution is -2.65. The fourth-order valence-electron chi connectivity index (χ4n) is 5.69. The van der Waals surface area contributed by atoms with Crippen LogP contribution in [0.15, 0.2) is 11.6 Å². The van der Waals surface area contributed by atoms with Gasteiger partial charge in [-0.3, -0.25) is 4.79 Å². The van der Waals surface area contributed by atoms with E-state index in [2.05, 4.69) is 6.92 Å². The van der Waals surface area contributed by atoms with Gasteiger partial charge in [-0.25, -0.2) is 0 Å². The normalized spacial score (nSPS) is 49.1. The zero-order valence-corrected chi connectivity index (χ0v) is 16.0. The Balaban J connectivity index is 1.68. The van der Waals surface area contributed by atoms with Gasteiger partial charge in [0.25, 0.3) is 0 Å². The molecule has 2 bridgehead atoms. The van der Waals surface area contributed by atoms with Crippen LogP contribution in [0.2, 0.25) is 0 Å². The van der Waals surface area contributed by atoms with E-state index in [0.717, 1.165) is 5.57 Å². The van der Waals surface area contributed by atoms with Gasteiger partial charge in [-0.2, -0.15) is 0 Å². The van der Waals surface area contributed by atoms with Crippen LogP contribution in [0, 0.1) is 16.7 Å². The Morgan fingerprint density at radius 1 is 1.42 bits per heavy atom. The molecule has 0 amide bonds. The summed E-state index contributed by atoms with van der Waals surface area (Å²) in [6.45, 7) is 8.45. The van der Waals surface area contributed by atoms with E-state index in [9.17, 15) is 15.0 Å². The van der Waals surface area contributed by atoms with Gasteiger partial charge in [-0.05, 0) is 31.3 Å². The number of hydrogen-bond acceptors (Lipinski definition) is 6. The maximum absolute atomic E-state index is 12.2. The summed E-state index contributed by atoms with van der Waals surface area (Å²) < 4.78 is 17.9. The van der Waals surface area contributed by atoms with Crippen LogP contribution < -0.4 is 0 Å². The quantitative estimate of drug-likeness (QED) is 0.446. The fraction of sp³-hybridized carbons (Fsp3) is 0.850. The van der Waals surface area contributed by atoms with Crippen LogP contribution in [0.1, 0.15) is 47.0 Å². The van der Waals surface area contributed by atoms with Gasteiger partial charge < -0.3 is 24.4 Å². The van der Waals surface area contributed by atoms with Crippen LogP contribution in [0.25, 0.3) is 0 Å². The highest BCUT2D eigenvalue weighted by Gasteiger charge is 2.81. The summed E-state index contributed by atoms with van der Waals surface area (Å²) in [4.78, 5) is 12.2. The van der Waals surface area contributed by atoms with Crippen molar-refractivity contribution in [2.75, 3.05) is 13.2 Å². The van der Waals surface area contributed by atoms with Gasteiger partial charge in [0.15, 0.2) is 0 Å². The van der Waals surface area contributed by atoms with E-state index in [1.165, 1.54) is 0 Å². The molecule has 2 saturated heterocycles. The molecule has 0 radical (unpaired) electrons. The summed E-state index contributed by atoms with van der Waals surface area (Å²) in [5, 5.41) is 21.1. The average Bonchev–Trinajstić information content (AvgIpc) is 3.31. The number of carbonyl (C=O) groups is 1. The van der Waals surface area contributed by atoms with Crippen LogP contribution in [0.3, 0.4) is 0 Å². The van der Waals surface area contributed by atoms with E-state index in [1.54, 1.807) is 0 Å². The van der Waals surface area contributed by atoms with Crippen molar-refractivity contribution in [3.8, 4) is 0 Å². The largest absolute Gasteiger partial charge is 0.458 e. The van der Waals surface area contributed by atoms with Crippen molar-refractivity contribution >= 4 is 5.97 Å². The zero-order valence-electron chi connectivity index (χ0n) is 16.0. The number of aliphatic hydroxyl groups excluding tert-OH is 2. The first-order chi connectivity index (χ1) is 12.2. The summed E-state index contributed by atoms with van der Waals surface area (Å²) in [5.74, 6) is 0.0206. The number of ether oxygens (including phenoxy) is 3. The predicted octanol–water partition coefficient (Wildman–Crippen LogP) is 1.58. The van der Waals surface area contributed by atoms with Crippen LogP contribution in [0.4, 0.5) is 0 Å². The third kappa shape index (κ3) is 2.22. The Hall–Kier alpha value is -0.950. The standard InChI is InChI=1S/C20H30O6/c1-11(2)5-16(23)25-14-8-19(9-21)15(6-12(14)3)26-17-13(22)7-18(19,4)20(17)10-24-20/h6,11,13-15,17,21-22H,5,7-10H2,1-4H3/t13-,14-,15-,17-,18-,19-,20?/m0/s1. The molecule has 2 N–H and O–H groups in total. The maximum atomic E-state index is 12.2. The van der Waals surface area contributed by atoms with Crippen LogP contribution in [0.5, 0.6) is 0 Å². The number of fused-ring (bicyclic) bond motifs is 2.